The number of hydrogen-bond donors (Lipinski definition) is 0. The third-order valence-corrected chi connectivity index (χ3v) is 2.51. The van der Waals surface area contributed by atoms with Crippen molar-refractivity contribution in [1.29, 1.82) is 0 Å². The standard InChI is InChI=1S/C11H15BrO/c1-13-9-3-2-4-10-5-7-11(12)8-6-10/h5-8H,2-4,9H2,1H3. The monoisotopic (exact) mass is 242 g/mol. The Kier molecular flexibility index (Phi) is 5.09. The molecule has 1 nitrogen and oxygen atoms in total. The average molecular weight is 243 g/mol. The van der Waals surface area contributed by atoms with E-state index in [0.717, 1.165) is 23.9 Å². The van der Waals surface area contributed by atoms with Gasteiger partial charge in [0.15, 0.2) is 0 Å². The molecule has 0 saturated heterocycles. The van der Waals surface area contributed by atoms with E-state index in [4.69, 9.17) is 4.74 Å². The van der Waals surface area contributed by atoms with Gasteiger partial charge in [-0.3, -0.25) is 0 Å². The molecule has 0 fully saturated rings. The van der Waals surface area contributed by atoms with E-state index >= 15 is 0 Å². The lowest BCUT2D eigenvalue weighted by molar-refractivity contribution is 0.193. The predicted octanol–water partition coefficient (Wildman–Crippen LogP) is 3.42. The number of ether oxygens (including phenoxy) is 1. The van der Waals surface area contributed by atoms with E-state index in [1.807, 2.05) is 0 Å². The van der Waals surface area contributed by atoms with E-state index in [2.05, 4.69) is 40.2 Å². The van der Waals surface area contributed by atoms with Crippen LogP contribution in [0, 0.1) is 0 Å². The number of unbranched alkanes of at least 4 members (excludes halogenated alkanes) is 1. The van der Waals surface area contributed by atoms with Gasteiger partial charge < -0.3 is 4.74 Å². The van der Waals surface area contributed by atoms with Crippen LogP contribution in [0.5, 0.6) is 0 Å². The molecule has 2 heteroatoms. The van der Waals surface area contributed by atoms with Crippen molar-refractivity contribution in [1.82, 2.24) is 0 Å². The predicted molar refractivity (Wildman–Crippen MR) is 59.0 cm³/mol. The van der Waals surface area contributed by atoms with Gasteiger partial charge in [0.05, 0.1) is 0 Å². The number of halogens is 1. The van der Waals surface area contributed by atoms with E-state index in [1.54, 1.807) is 7.11 Å². The van der Waals surface area contributed by atoms with Crippen molar-refractivity contribution < 1.29 is 4.74 Å². The van der Waals surface area contributed by atoms with Crippen molar-refractivity contribution in [3.8, 4) is 0 Å². The second kappa shape index (κ2) is 6.17. The molecule has 1 aromatic carbocycles. The fourth-order valence-corrected chi connectivity index (χ4v) is 1.49. The van der Waals surface area contributed by atoms with Gasteiger partial charge in [-0.15, -0.1) is 0 Å². The summed E-state index contributed by atoms with van der Waals surface area (Å²) in [6.45, 7) is 0.872. The second-order valence-corrected chi connectivity index (χ2v) is 3.99. The maximum atomic E-state index is 4.99. The van der Waals surface area contributed by atoms with E-state index in [-0.39, 0.29) is 0 Å². The molecule has 0 aromatic heterocycles. The highest BCUT2D eigenvalue weighted by Crippen LogP contribution is 2.12. The normalized spacial score (nSPS) is 10.3. The van der Waals surface area contributed by atoms with Crippen LogP contribution in [0.25, 0.3) is 0 Å². The van der Waals surface area contributed by atoms with Crippen LogP contribution in [0.2, 0.25) is 0 Å². The number of methoxy groups -OCH3 is 1. The third kappa shape index (κ3) is 4.44. The van der Waals surface area contributed by atoms with E-state index in [9.17, 15) is 0 Å². The minimum atomic E-state index is 0.872. The Bertz CT molecular complexity index is 230. The van der Waals surface area contributed by atoms with Crippen molar-refractivity contribution in [2.45, 2.75) is 19.3 Å². The minimum absolute atomic E-state index is 0.872. The largest absolute Gasteiger partial charge is 0.385 e. The summed E-state index contributed by atoms with van der Waals surface area (Å²) in [6, 6.07) is 8.51. The van der Waals surface area contributed by atoms with E-state index in [1.165, 1.54) is 12.0 Å². The van der Waals surface area contributed by atoms with Crippen LogP contribution in [-0.2, 0) is 11.2 Å². The summed E-state index contributed by atoms with van der Waals surface area (Å²) in [6.07, 6.45) is 3.50. The maximum absolute atomic E-state index is 4.99. The summed E-state index contributed by atoms with van der Waals surface area (Å²) >= 11 is 3.42. The lowest BCUT2D eigenvalue weighted by Crippen LogP contribution is -1.91. The van der Waals surface area contributed by atoms with E-state index in [0.29, 0.717) is 0 Å². The van der Waals surface area contributed by atoms with Gasteiger partial charge in [0.2, 0.25) is 0 Å². The van der Waals surface area contributed by atoms with Crippen molar-refractivity contribution in [3.05, 3.63) is 34.3 Å². The number of rotatable bonds is 5. The Labute approximate surface area is 88.2 Å². The van der Waals surface area contributed by atoms with Gasteiger partial charge in [-0.2, -0.15) is 0 Å². The Morgan fingerprint density at radius 1 is 1.15 bits per heavy atom. The molecule has 1 aromatic rings. The molecule has 0 aliphatic heterocycles. The molecule has 72 valence electrons. The topological polar surface area (TPSA) is 9.23 Å². The molecule has 0 aliphatic rings. The van der Waals surface area contributed by atoms with Gasteiger partial charge in [0.1, 0.15) is 0 Å². The molecule has 0 amide bonds. The molecule has 0 saturated carbocycles. The van der Waals surface area contributed by atoms with Crippen LogP contribution in [0.3, 0.4) is 0 Å². The molecule has 0 unspecified atom stereocenters. The molecule has 0 bridgehead atoms. The zero-order chi connectivity index (χ0) is 9.52. The Morgan fingerprint density at radius 3 is 2.46 bits per heavy atom. The summed E-state index contributed by atoms with van der Waals surface area (Å²) in [5, 5.41) is 0. The average Bonchev–Trinajstić information content (AvgIpc) is 2.15. The molecule has 0 heterocycles. The fraction of sp³-hybridized carbons (Fsp3) is 0.455. The Hall–Kier alpha value is -0.340. The molecule has 0 N–H and O–H groups in total. The Morgan fingerprint density at radius 2 is 1.85 bits per heavy atom. The first-order valence-corrected chi connectivity index (χ1v) is 5.35. The van der Waals surface area contributed by atoms with Gasteiger partial charge in [0.25, 0.3) is 0 Å². The quantitative estimate of drug-likeness (QED) is 0.720. The van der Waals surface area contributed by atoms with Crippen LogP contribution in [0.1, 0.15) is 18.4 Å². The van der Waals surface area contributed by atoms with Crippen LogP contribution in [-0.4, -0.2) is 13.7 Å². The lowest BCUT2D eigenvalue weighted by atomic mass is 10.1. The number of benzene rings is 1. The minimum Gasteiger partial charge on any atom is -0.385 e. The molecule has 0 aliphatic carbocycles. The molecule has 0 spiro atoms. The summed E-state index contributed by atoms with van der Waals surface area (Å²) < 4.78 is 6.14. The highest BCUT2D eigenvalue weighted by Gasteiger charge is 1.93. The zero-order valence-electron chi connectivity index (χ0n) is 7.92. The first kappa shape index (κ1) is 10.7. The molecule has 1 rings (SSSR count). The van der Waals surface area contributed by atoms with Gasteiger partial charge in [-0.25, -0.2) is 0 Å². The summed E-state index contributed by atoms with van der Waals surface area (Å²) in [4.78, 5) is 0. The van der Waals surface area contributed by atoms with Gasteiger partial charge in [0, 0.05) is 18.2 Å². The molecular weight excluding hydrogens is 228 g/mol. The zero-order valence-corrected chi connectivity index (χ0v) is 9.51. The molecular formula is C11H15BrO. The van der Waals surface area contributed by atoms with Crippen molar-refractivity contribution in [2.75, 3.05) is 13.7 Å². The first-order chi connectivity index (χ1) is 6.33. The summed E-state index contributed by atoms with van der Waals surface area (Å²) in [5.41, 5.74) is 1.40. The van der Waals surface area contributed by atoms with Crippen LogP contribution >= 0.6 is 15.9 Å². The van der Waals surface area contributed by atoms with Gasteiger partial charge in [-0.1, -0.05) is 28.1 Å². The summed E-state index contributed by atoms with van der Waals surface area (Å²) in [7, 11) is 1.75. The smallest absolute Gasteiger partial charge is 0.0462 e. The highest BCUT2D eigenvalue weighted by atomic mass is 79.9. The van der Waals surface area contributed by atoms with E-state index < -0.39 is 0 Å². The fourth-order valence-electron chi connectivity index (χ4n) is 1.23. The van der Waals surface area contributed by atoms with Crippen molar-refractivity contribution in [2.24, 2.45) is 0 Å². The third-order valence-electron chi connectivity index (χ3n) is 1.98. The van der Waals surface area contributed by atoms with Crippen LogP contribution in [0.15, 0.2) is 28.7 Å². The lowest BCUT2D eigenvalue weighted by Gasteiger charge is -2.01. The van der Waals surface area contributed by atoms with Crippen molar-refractivity contribution in [3.63, 3.8) is 0 Å². The second-order valence-electron chi connectivity index (χ2n) is 3.08. The summed E-state index contributed by atoms with van der Waals surface area (Å²) in [5.74, 6) is 0. The number of hydrogen-bond acceptors (Lipinski definition) is 1. The molecule has 13 heavy (non-hydrogen) atoms. The molecule has 0 radical (unpaired) electrons. The Balaban J connectivity index is 2.25. The SMILES string of the molecule is COCCCCc1ccc(Br)cc1. The number of aryl methyl sites for hydroxylation is 1. The van der Waals surface area contributed by atoms with Crippen molar-refractivity contribution >= 4 is 15.9 Å². The maximum Gasteiger partial charge on any atom is 0.0462 e. The van der Waals surface area contributed by atoms with Crippen LogP contribution in [0.4, 0.5) is 0 Å². The highest BCUT2D eigenvalue weighted by molar-refractivity contribution is 9.10. The first-order valence-electron chi connectivity index (χ1n) is 4.56. The van der Waals surface area contributed by atoms with Crippen LogP contribution < -0.4 is 0 Å². The van der Waals surface area contributed by atoms with Gasteiger partial charge >= 0.3 is 0 Å². The molecule has 0 atom stereocenters. The van der Waals surface area contributed by atoms with Gasteiger partial charge in [-0.05, 0) is 37.0 Å².